The summed E-state index contributed by atoms with van der Waals surface area (Å²) in [5, 5.41) is 45.6. The number of nitrogens with zero attached hydrogens (tertiary/aromatic N) is 4. The Balaban J connectivity index is 0.000000219. The predicted octanol–water partition coefficient (Wildman–Crippen LogP) is 9.90. The van der Waals surface area contributed by atoms with Crippen LogP contribution in [0.25, 0.3) is 113 Å². The minimum Gasteiger partial charge on any atom is -0.550 e. The second-order valence-electron chi connectivity index (χ2n) is 21.4. The van der Waals surface area contributed by atoms with E-state index in [1.165, 1.54) is 0 Å². The van der Waals surface area contributed by atoms with Gasteiger partial charge >= 0.3 is 23.9 Å². The second kappa shape index (κ2) is 25.4. The molecule has 16 nitrogen and oxygen atoms in total. The van der Waals surface area contributed by atoms with Gasteiger partial charge in [0.25, 0.3) is 0 Å². The zero-order chi connectivity index (χ0) is 60.6. The molecule has 0 spiro atoms. The first-order valence-electron chi connectivity index (χ1n) is 27.7. The Morgan fingerprint density at radius 2 is 0.541 bits per heavy atom. The van der Waals surface area contributed by atoms with Gasteiger partial charge in [0, 0.05) is 90.3 Å². The Hall–Kier alpha value is -9.16. The summed E-state index contributed by atoms with van der Waals surface area (Å²) < 4.78 is 0. The van der Waals surface area contributed by atoms with E-state index in [9.17, 15) is 39.6 Å². The molecule has 0 aromatic carbocycles. The van der Waals surface area contributed by atoms with Gasteiger partial charge in [-0.2, -0.15) is 0 Å². The van der Waals surface area contributed by atoms with Crippen molar-refractivity contribution in [3.8, 4) is 0 Å². The van der Waals surface area contributed by atoms with Crippen molar-refractivity contribution in [2.45, 2.75) is 107 Å². The van der Waals surface area contributed by atoms with Gasteiger partial charge in [-0.15, -0.1) is 0 Å². The number of carbonyl (C=O) groups excluding carboxylic acids is 4. The second-order valence-corrected chi connectivity index (χ2v) is 21.4. The third kappa shape index (κ3) is 12.4. The summed E-state index contributed by atoms with van der Waals surface area (Å²) in [7, 11) is 0. The van der Waals surface area contributed by atoms with E-state index in [4.69, 9.17) is 19.9 Å². The molecule has 4 aliphatic rings. The first-order valence-corrected chi connectivity index (χ1v) is 27.7. The first-order chi connectivity index (χ1) is 40.0. The molecule has 85 heavy (non-hydrogen) atoms. The number of hydrogen-bond donors (Lipinski definition) is 4. The monoisotopic (exact) mass is 1240 g/mol. The van der Waals surface area contributed by atoms with E-state index in [1.807, 2.05) is 116 Å². The van der Waals surface area contributed by atoms with Crippen molar-refractivity contribution in [3.05, 3.63) is 165 Å². The molecule has 0 radical (unpaired) electrons. The Morgan fingerprint density at radius 3 is 0.753 bits per heavy atom. The van der Waals surface area contributed by atoms with Crippen LogP contribution in [0.2, 0.25) is 0 Å². The summed E-state index contributed by atoms with van der Waals surface area (Å²) in [6.45, 7) is 31.9. The van der Waals surface area contributed by atoms with Gasteiger partial charge in [-0.05, 0) is 222 Å². The fourth-order valence-corrected chi connectivity index (χ4v) is 11.5. The zero-order valence-corrected chi connectivity index (χ0v) is 51.8. The summed E-state index contributed by atoms with van der Waals surface area (Å²) in [5.74, 6) is -4.58. The van der Waals surface area contributed by atoms with Gasteiger partial charge in [0.1, 0.15) is 0 Å². The number of aromatic amines is 4. The molecule has 0 fully saturated rings. The molecule has 4 aliphatic heterocycles. The van der Waals surface area contributed by atoms with Crippen molar-refractivity contribution in [2.24, 2.45) is 0 Å². The van der Waals surface area contributed by atoms with E-state index in [-0.39, 0.29) is 75.3 Å². The van der Waals surface area contributed by atoms with Crippen LogP contribution in [0.15, 0.2) is 74.8 Å². The molecule has 428 valence electrons. The normalized spacial score (nSPS) is 12.9. The van der Waals surface area contributed by atoms with Gasteiger partial charge in [0.15, 0.2) is 0 Å². The predicted molar refractivity (Wildman–Crippen MR) is 334 cm³/mol. The van der Waals surface area contributed by atoms with E-state index < -0.39 is 23.9 Å². The van der Waals surface area contributed by atoms with Crippen LogP contribution in [0, 0.1) is 27.7 Å². The van der Waals surface area contributed by atoms with E-state index in [0.29, 0.717) is 45.6 Å². The minimum atomic E-state index is -1.15. The number of carboxylic acids is 4. The Morgan fingerprint density at radius 1 is 0.341 bits per heavy atom. The van der Waals surface area contributed by atoms with Gasteiger partial charge in [0.05, 0.1) is 45.6 Å². The topological polar surface area (TPSA) is 275 Å². The Bertz CT molecular complexity index is 4120. The fourth-order valence-electron chi connectivity index (χ4n) is 11.5. The molecule has 10 rings (SSSR count). The van der Waals surface area contributed by atoms with Gasteiger partial charge < -0.3 is 59.5 Å². The smallest absolute Gasteiger partial charge is 0.550 e. The number of hydrogen-bond acceptors (Lipinski definition) is 12. The molecule has 0 atom stereocenters. The summed E-state index contributed by atoms with van der Waals surface area (Å²) in [6, 6.07) is 15.6. The average Bonchev–Trinajstić information content (AvgIpc) is 1.94. The van der Waals surface area contributed by atoms with Gasteiger partial charge in [-0.1, -0.05) is 50.6 Å². The molecule has 10 heterocycles. The number of fused-ring (bicyclic) bond motifs is 16. The number of carbonyl (C=O) groups is 4. The Kier molecular flexibility index (Phi) is 18.5. The van der Waals surface area contributed by atoms with Gasteiger partial charge in [-0.3, -0.25) is 0 Å². The van der Waals surface area contributed by atoms with Crippen molar-refractivity contribution in [3.63, 3.8) is 0 Å². The maximum absolute atomic E-state index is 11.4. The number of aromatic nitrogens is 8. The molecule has 0 saturated heterocycles. The van der Waals surface area contributed by atoms with Gasteiger partial charge in [0.2, 0.25) is 0 Å². The average molecular weight is 1240 g/mol. The van der Waals surface area contributed by atoms with Crippen LogP contribution in [0.5, 0.6) is 0 Å². The number of rotatable bonds is 16. The molecular weight excluding hydrogens is 1180 g/mol. The third-order valence-electron chi connectivity index (χ3n) is 16.4. The minimum absolute atomic E-state index is 0. The van der Waals surface area contributed by atoms with E-state index in [0.717, 1.165) is 133 Å². The third-order valence-corrected chi connectivity index (χ3v) is 16.4. The molecule has 6 aromatic rings. The molecule has 0 saturated carbocycles. The number of aliphatic carboxylic acids is 4. The quantitative estimate of drug-likeness (QED) is 0.0659. The van der Waals surface area contributed by atoms with Crippen LogP contribution in [0.1, 0.15) is 169 Å². The van der Waals surface area contributed by atoms with E-state index in [1.54, 1.807) is 12.2 Å². The molecular formula is C68H64N8O8Sn. The maximum atomic E-state index is 11.4. The molecule has 17 heteroatoms. The van der Waals surface area contributed by atoms with Crippen LogP contribution in [-0.4, -0.2) is 87.7 Å². The van der Waals surface area contributed by atoms with E-state index in [2.05, 4.69) is 46.3 Å². The van der Waals surface area contributed by atoms with Gasteiger partial charge in [-0.25, -0.2) is 19.9 Å². The summed E-state index contributed by atoms with van der Waals surface area (Å²) >= 11 is 0. The fraction of sp³-hybridized carbons (Fsp3) is 0.235. The van der Waals surface area contributed by atoms with Crippen LogP contribution in [0.4, 0.5) is 0 Å². The van der Waals surface area contributed by atoms with E-state index >= 15 is 0 Å². The molecule has 16 bridgehead atoms. The molecule has 4 N–H and O–H groups in total. The van der Waals surface area contributed by atoms with Crippen molar-refractivity contribution in [1.82, 2.24) is 39.9 Å². The molecule has 6 aromatic heterocycles. The van der Waals surface area contributed by atoms with Crippen molar-refractivity contribution in [2.75, 3.05) is 0 Å². The van der Waals surface area contributed by atoms with Crippen LogP contribution in [-0.2, 0) is 19.2 Å². The first kappa shape index (κ1) is 61.9. The largest absolute Gasteiger partial charge is 4.00 e. The zero-order valence-electron chi connectivity index (χ0n) is 49.0. The number of carboxylic acid groups (broad SMARTS) is 4. The number of nitrogens with one attached hydrogen (secondary N) is 4. The summed E-state index contributed by atoms with van der Waals surface area (Å²) in [5.41, 5.74) is 26.5. The number of aryl methyl sites for hydroxylation is 4. The number of H-pyrrole nitrogens is 4. The van der Waals surface area contributed by atoms with Crippen LogP contribution < -0.4 is 20.4 Å². The standard InChI is InChI=1S/2C34H34N4O4.Sn/c2*1-7-21-17(3)25-13-26-19(5)23(9-11-33(39)40)31(37-26)16-32-24(10-12-34(41)42)20(6)28(38-32)15-30-22(8-2)18(4)27(36-30)14-29(21)35-25;/h2*7-8,13-16,35-36H,1-2,9-12H2,3-6H3,(H,39,40)(H,41,42);/q;;+4/p-4. The SMILES string of the molecule is C=Cc1c(C)c2cc3[nH]c(cc4nc(cc5nc(cc1[nH]2)C(C)=C5CCC(=O)[O-])C(CCC(=O)[O-])=C4C)c(C)c3C=C.C=Cc1c(C)c2cc3[nH]c(cc4nc(cc5nc(cc1[nH]2)C(C)=C5CCC(=O)[O-])C(CCC(=O)[O-])=C4C)c(C)c3C=C.[Sn+4]. The number of allylic oxidation sites excluding steroid dienone is 8. The maximum Gasteiger partial charge on any atom is 4.00 e. The van der Waals surface area contributed by atoms with Crippen molar-refractivity contribution in [1.29, 1.82) is 0 Å². The van der Waals surface area contributed by atoms with Crippen LogP contribution >= 0.6 is 0 Å². The van der Waals surface area contributed by atoms with Crippen molar-refractivity contribution < 1.29 is 39.6 Å². The molecule has 0 unspecified atom stereocenters. The summed E-state index contributed by atoms with van der Waals surface area (Å²) in [6.07, 6.45) is 7.58. The molecule has 0 aliphatic carbocycles. The Labute approximate surface area is 509 Å². The molecule has 0 amide bonds. The summed E-state index contributed by atoms with van der Waals surface area (Å²) in [4.78, 5) is 79.4. The van der Waals surface area contributed by atoms with Crippen LogP contribution in [0.3, 0.4) is 0 Å². The van der Waals surface area contributed by atoms with Crippen molar-refractivity contribution >= 4 is 161 Å².